The molecule has 3 heteroatoms. The van der Waals surface area contributed by atoms with Gasteiger partial charge in [-0.2, -0.15) is 0 Å². The third-order valence-corrected chi connectivity index (χ3v) is 2.49. The number of ether oxygens (including phenoxy) is 1. The molecular formula is C12H15NO2. The summed E-state index contributed by atoms with van der Waals surface area (Å²) in [6.45, 7) is 3.40. The van der Waals surface area contributed by atoms with Crippen LogP contribution in [0.15, 0.2) is 24.4 Å². The molecule has 2 N–H and O–H groups in total. The summed E-state index contributed by atoms with van der Waals surface area (Å²) in [5.74, 6) is 0.334. The lowest BCUT2D eigenvalue weighted by atomic mass is 10.1. The molecule has 1 aromatic heterocycles. The van der Waals surface area contributed by atoms with Gasteiger partial charge in [-0.25, -0.2) is 0 Å². The van der Waals surface area contributed by atoms with Crippen LogP contribution in [0.4, 0.5) is 0 Å². The molecule has 2 aromatic rings. The van der Waals surface area contributed by atoms with Crippen LogP contribution in [0.25, 0.3) is 10.9 Å². The molecule has 0 saturated carbocycles. The highest BCUT2D eigenvalue weighted by Gasteiger charge is 2.06. The quantitative estimate of drug-likeness (QED) is 0.753. The standard InChI is InChI=1S/C12H15NO2/c1-2-15-7-6-9-8-13-10-4-3-5-11(14)12(9)10/h3-5,8,13-14H,2,6-7H2,1H3. The van der Waals surface area contributed by atoms with E-state index in [0.29, 0.717) is 12.4 Å². The van der Waals surface area contributed by atoms with Gasteiger partial charge in [-0.1, -0.05) is 6.07 Å². The average Bonchev–Trinajstić information content (AvgIpc) is 2.63. The third-order valence-electron chi connectivity index (χ3n) is 2.49. The van der Waals surface area contributed by atoms with Crippen LogP contribution >= 0.6 is 0 Å². The molecule has 2 rings (SSSR count). The number of aromatic hydroxyl groups is 1. The summed E-state index contributed by atoms with van der Waals surface area (Å²) in [4.78, 5) is 3.14. The van der Waals surface area contributed by atoms with Gasteiger partial charge in [-0.3, -0.25) is 0 Å². The first-order valence-corrected chi connectivity index (χ1v) is 5.18. The fourth-order valence-electron chi connectivity index (χ4n) is 1.76. The fraction of sp³-hybridized carbons (Fsp3) is 0.333. The van der Waals surface area contributed by atoms with Gasteiger partial charge in [-0.15, -0.1) is 0 Å². The normalized spacial score (nSPS) is 11.0. The Kier molecular flexibility index (Phi) is 2.92. The van der Waals surface area contributed by atoms with Crippen molar-refractivity contribution >= 4 is 10.9 Å². The van der Waals surface area contributed by atoms with Crippen molar-refractivity contribution in [3.63, 3.8) is 0 Å². The van der Waals surface area contributed by atoms with E-state index >= 15 is 0 Å². The smallest absolute Gasteiger partial charge is 0.125 e. The molecule has 0 radical (unpaired) electrons. The van der Waals surface area contributed by atoms with Crippen molar-refractivity contribution < 1.29 is 9.84 Å². The van der Waals surface area contributed by atoms with Crippen molar-refractivity contribution in [3.8, 4) is 5.75 Å². The number of aromatic amines is 1. The largest absolute Gasteiger partial charge is 0.507 e. The van der Waals surface area contributed by atoms with Crippen LogP contribution in [-0.2, 0) is 11.2 Å². The number of hydrogen-bond donors (Lipinski definition) is 2. The number of phenolic OH excluding ortho intramolecular Hbond substituents is 1. The van der Waals surface area contributed by atoms with Crippen molar-refractivity contribution in [2.24, 2.45) is 0 Å². The Hall–Kier alpha value is -1.48. The second-order valence-electron chi connectivity index (χ2n) is 3.46. The highest BCUT2D eigenvalue weighted by molar-refractivity contribution is 5.88. The zero-order valence-corrected chi connectivity index (χ0v) is 8.79. The van der Waals surface area contributed by atoms with Gasteiger partial charge in [-0.05, 0) is 31.0 Å². The second kappa shape index (κ2) is 4.36. The Bertz CT molecular complexity index is 448. The van der Waals surface area contributed by atoms with Gasteiger partial charge in [0.25, 0.3) is 0 Å². The lowest BCUT2D eigenvalue weighted by Crippen LogP contribution is -1.96. The highest BCUT2D eigenvalue weighted by atomic mass is 16.5. The number of benzene rings is 1. The zero-order valence-electron chi connectivity index (χ0n) is 8.79. The van der Waals surface area contributed by atoms with E-state index < -0.39 is 0 Å². The van der Waals surface area contributed by atoms with E-state index in [9.17, 15) is 5.11 Å². The van der Waals surface area contributed by atoms with Crippen LogP contribution in [0, 0.1) is 0 Å². The van der Waals surface area contributed by atoms with Crippen molar-refractivity contribution in [1.82, 2.24) is 4.98 Å². The topological polar surface area (TPSA) is 45.2 Å². The monoisotopic (exact) mass is 205 g/mol. The molecule has 0 saturated heterocycles. The maximum atomic E-state index is 9.74. The Morgan fingerprint density at radius 3 is 3.07 bits per heavy atom. The van der Waals surface area contributed by atoms with Gasteiger partial charge < -0.3 is 14.8 Å². The minimum Gasteiger partial charge on any atom is -0.507 e. The molecule has 1 aromatic carbocycles. The highest BCUT2D eigenvalue weighted by Crippen LogP contribution is 2.27. The van der Waals surface area contributed by atoms with Gasteiger partial charge in [0.2, 0.25) is 0 Å². The van der Waals surface area contributed by atoms with Crippen molar-refractivity contribution in [1.29, 1.82) is 0 Å². The van der Waals surface area contributed by atoms with Crippen LogP contribution in [0.3, 0.4) is 0 Å². The number of hydrogen-bond acceptors (Lipinski definition) is 2. The number of aromatic nitrogens is 1. The Labute approximate surface area is 88.7 Å². The van der Waals surface area contributed by atoms with Crippen LogP contribution in [0.5, 0.6) is 5.75 Å². The van der Waals surface area contributed by atoms with Crippen LogP contribution in [-0.4, -0.2) is 23.3 Å². The first-order chi connectivity index (χ1) is 7.33. The molecule has 3 nitrogen and oxygen atoms in total. The lowest BCUT2D eigenvalue weighted by molar-refractivity contribution is 0.151. The first-order valence-electron chi connectivity index (χ1n) is 5.18. The van der Waals surface area contributed by atoms with Crippen molar-refractivity contribution in [2.75, 3.05) is 13.2 Å². The molecule has 0 spiro atoms. The van der Waals surface area contributed by atoms with Gasteiger partial charge >= 0.3 is 0 Å². The number of H-pyrrole nitrogens is 1. The number of fused-ring (bicyclic) bond motifs is 1. The van der Waals surface area contributed by atoms with Gasteiger partial charge in [0, 0.05) is 23.7 Å². The molecule has 0 fully saturated rings. The molecule has 15 heavy (non-hydrogen) atoms. The van der Waals surface area contributed by atoms with E-state index in [2.05, 4.69) is 4.98 Å². The Morgan fingerprint density at radius 2 is 2.27 bits per heavy atom. The summed E-state index contributed by atoms with van der Waals surface area (Å²) in [6, 6.07) is 5.50. The number of rotatable bonds is 4. The predicted molar refractivity (Wildman–Crippen MR) is 60.2 cm³/mol. The van der Waals surface area contributed by atoms with E-state index in [-0.39, 0.29) is 0 Å². The van der Waals surface area contributed by atoms with E-state index in [1.165, 1.54) is 0 Å². The Balaban J connectivity index is 2.27. The maximum absolute atomic E-state index is 9.74. The molecule has 0 aliphatic carbocycles. The van der Waals surface area contributed by atoms with Crippen molar-refractivity contribution in [2.45, 2.75) is 13.3 Å². The van der Waals surface area contributed by atoms with Crippen LogP contribution in [0.1, 0.15) is 12.5 Å². The van der Waals surface area contributed by atoms with E-state index in [1.54, 1.807) is 6.07 Å². The minimum atomic E-state index is 0.334. The third kappa shape index (κ3) is 1.97. The van der Waals surface area contributed by atoms with Crippen LogP contribution in [0.2, 0.25) is 0 Å². The summed E-state index contributed by atoms with van der Waals surface area (Å²) in [5.41, 5.74) is 2.08. The van der Waals surface area contributed by atoms with E-state index in [4.69, 9.17) is 4.74 Å². The van der Waals surface area contributed by atoms with E-state index in [1.807, 2.05) is 25.3 Å². The summed E-state index contributed by atoms with van der Waals surface area (Å²) in [5, 5.41) is 10.7. The maximum Gasteiger partial charge on any atom is 0.125 e. The average molecular weight is 205 g/mol. The minimum absolute atomic E-state index is 0.334. The number of phenols is 1. The lowest BCUT2D eigenvalue weighted by Gasteiger charge is -2.01. The molecule has 0 aliphatic rings. The predicted octanol–water partition coefficient (Wildman–Crippen LogP) is 2.45. The molecular weight excluding hydrogens is 190 g/mol. The molecule has 0 bridgehead atoms. The summed E-state index contributed by atoms with van der Waals surface area (Å²) in [6.07, 6.45) is 2.76. The molecule has 0 amide bonds. The van der Waals surface area contributed by atoms with Crippen molar-refractivity contribution in [3.05, 3.63) is 30.0 Å². The summed E-state index contributed by atoms with van der Waals surface area (Å²) >= 11 is 0. The summed E-state index contributed by atoms with van der Waals surface area (Å²) in [7, 11) is 0. The SMILES string of the molecule is CCOCCc1c[nH]c2cccc(O)c12. The molecule has 0 unspecified atom stereocenters. The first kappa shape index (κ1) is 10.1. The molecule has 0 atom stereocenters. The molecule has 0 aliphatic heterocycles. The molecule has 1 heterocycles. The van der Waals surface area contributed by atoms with Gasteiger partial charge in [0.15, 0.2) is 0 Å². The van der Waals surface area contributed by atoms with Gasteiger partial charge in [0.05, 0.1) is 6.61 Å². The number of nitrogens with one attached hydrogen (secondary N) is 1. The molecule has 80 valence electrons. The van der Waals surface area contributed by atoms with Gasteiger partial charge in [0.1, 0.15) is 5.75 Å². The zero-order chi connectivity index (χ0) is 10.7. The van der Waals surface area contributed by atoms with Crippen LogP contribution < -0.4 is 0 Å². The van der Waals surface area contributed by atoms with E-state index in [0.717, 1.165) is 29.5 Å². The fourth-order valence-corrected chi connectivity index (χ4v) is 1.76. The Morgan fingerprint density at radius 1 is 1.40 bits per heavy atom. The second-order valence-corrected chi connectivity index (χ2v) is 3.46. The summed E-state index contributed by atoms with van der Waals surface area (Å²) < 4.78 is 5.30.